The predicted molar refractivity (Wildman–Crippen MR) is 117 cm³/mol. The number of amides is 1. The molecule has 0 aliphatic carbocycles. The lowest BCUT2D eigenvalue weighted by Crippen LogP contribution is -2.40. The molecule has 1 N–H and O–H groups in total. The highest BCUT2D eigenvalue weighted by molar-refractivity contribution is 7.89. The first-order valence-corrected chi connectivity index (χ1v) is 11.9. The molecule has 31 heavy (non-hydrogen) atoms. The van der Waals surface area contributed by atoms with Crippen LogP contribution in [-0.2, 0) is 30.8 Å². The van der Waals surface area contributed by atoms with Gasteiger partial charge in [-0.25, -0.2) is 13.1 Å². The Morgan fingerprint density at radius 3 is 2.26 bits per heavy atom. The largest absolute Gasteiger partial charge is 0.447 e. The number of nitrogens with zero attached hydrogens (tertiary/aromatic N) is 1. The van der Waals surface area contributed by atoms with Gasteiger partial charge in [-0.3, -0.25) is 9.59 Å². The average molecular weight is 445 g/mol. The second-order valence-electron chi connectivity index (χ2n) is 7.52. The van der Waals surface area contributed by atoms with Gasteiger partial charge in [0.05, 0.1) is 4.90 Å². The summed E-state index contributed by atoms with van der Waals surface area (Å²) < 4.78 is 31.5. The van der Waals surface area contributed by atoms with Crippen molar-refractivity contribution >= 4 is 21.9 Å². The van der Waals surface area contributed by atoms with Crippen molar-refractivity contribution in [1.82, 2.24) is 9.62 Å². The van der Waals surface area contributed by atoms with Crippen LogP contribution in [0.1, 0.15) is 42.9 Å². The van der Waals surface area contributed by atoms with Crippen LogP contribution < -0.4 is 4.72 Å². The minimum atomic E-state index is -3.50. The first kappa shape index (κ1) is 23.0. The highest BCUT2D eigenvalue weighted by Crippen LogP contribution is 2.23. The first-order valence-electron chi connectivity index (χ1n) is 10.5. The van der Waals surface area contributed by atoms with Gasteiger partial charge in [-0.2, -0.15) is 0 Å². The summed E-state index contributed by atoms with van der Waals surface area (Å²) in [5, 5.41) is 0. The number of carbonyl (C=O) groups excluding carboxylic acids is 2. The van der Waals surface area contributed by atoms with Crippen molar-refractivity contribution in [2.24, 2.45) is 0 Å². The summed E-state index contributed by atoms with van der Waals surface area (Å²) in [5.41, 5.74) is 1.47. The van der Waals surface area contributed by atoms with Gasteiger partial charge < -0.3 is 9.64 Å². The quantitative estimate of drug-likeness (QED) is 0.632. The van der Waals surface area contributed by atoms with Gasteiger partial charge in [0.2, 0.25) is 16.1 Å². The number of rotatable bonds is 8. The maximum absolute atomic E-state index is 13.1. The van der Waals surface area contributed by atoms with Crippen molar-refractivity contribution in [3.05, 3.63) is 65.7 Å². The zero-order chi connectivity index (χ0) is 22.3. The summed E-state index contributed by atoms with van der Waals surface area (Å²) >= 11 is 0. The lowest BCUT2D eigenvalue weighted by atomic mass is 10.1. The van der Waals surface area contributed by atoms with E-state index in [-0.39, 0.29) is 17.2 Å². The number of sulfonamides is 1. The summed E-state index contributed by atoms with van der Waals surface area (Å²) in [5.74, 6) is -0.646. The molecule has 7 nitrogen and oxygen atoms in total. The van der Waals surface area contributed by atoms with Crippen LogP contribution >= 0.6 is 0 Å². The second-order valence-corrected chi connectivity index (χ2v) is 9.40. The van der Waals surface area contributed by atoms with E-state index in [2.05, 4.69) is 4.72 Å². The number of ether oxygens (including phenoxy) is 1. The summed E-state index contributed by atoms with van der Waals surface area (Å²) in [6.07, 6.45) is 2.55. The number of nitrogens with one attached hydrogen (secondary N) is 1. The normalized spacial score (nSPS) is 15.3. The molecule has 1 saturated heterocycles. The van der Waals surface area contributed by atoms with E-state index >= 15 is 0 Å². The van der Waals surface area contributed by atoms with Gasteiger partial charge in [-0.15, -0.1) is 0 Å². The Morgan fingerprint density at radius 2 is 1.65 bits per heavy atom. The van der Waals surface area contributed by atoms with E-state index in [1.54, 1.807) is 29.2 Å². The number of likely N-dealkylation sites (tertiary alicyclic amines) is 1. The molecular formula is C23H28N2O5S. The van der Waals surface area contributed by atoms with E-state index in [0.29, 0.717) is 25.1 Å². The molecule has 1 fully saturated rings. The first-order chi connectivity index (χ1) is 14.9. The Kier molecular flexibility index (Phi) is 7.81. The molecule has 0 bridgehead atoms. The molecule has 2 aromatic rings. The molecule has 1 heterocycles. The number of aryl methyl sites for hydroxylation is 1. The second kappa shape index (κ2) is 10.5. The molecular weight excluding hydrogens is 416 g/mol. The van der Waals surface area contributed by atoms with Crippen LogP contribution in [0.25, 0.3) is 0 Å². The third-order valence-corrected chi connectivity index (χ3v) is 6.79. The average Bonchev–Trinajstić information content (AvgIpc) is 2.82. The van der Waals surface area contributed by atoms with E-state index in [4.69, 9.17) is 4.74 Å². The maximum Gasteiger partial charge on any atom is 0.307 e. The number of hydrogen-bond donors (Lipinski definition) is 1. The van der Waals surface area contributed by atoms with E-state index in [0.717, 1.165) is 24.8 Å². The number of esters is 1. The van der Waals surface area contributed by atoms with Crippen LogP contribution in [0.5, 0.6) is 0 Å². The molecule has 0 aromatic heterocycles. The Labute approximate surface area is 183 Å². The standard InChI is InChI=1S/C23H28N2O5S/c1-24-31(28,29)20-13-10-18(11-14-20)12-15-21(26)30-22(19-8-4-2-5-9-19)23(27)25-16-6-3-7-17-25/h2,4-5,8-11,13-14,22,24H,3,6-7,12,15-17H2,1H3. The number of carbonyl (C=O) groups is 2. The minimum Gasteiger partial charge on any atom is -0.447 e. The zero-order valence-electron chi connectivity index (χ0n) is 17.6. The van der Waals surface area contributed by atoms with Gasteiger partial charge in [0.25, 0.3) is 5.91 Å². The Morgan fingerprint density at radius 1 is 1.00 bits per heavy atom. The molecule has 1 amide bonds. The van der Waals surface area contributed by atoms with Crippen LogP contribution in [0.4, 0.5) is 0 Å². The Balaban J connectivity index is 1.64. The molecule has 1 aliphatic rings. The Hall–Kier alpha value is -2.71. The van der Waals surface area contributed by atoms with Crippen molar-refractivity contribution in [1.29, 1.82) is 0 Å². The van der Waals surface area contributed by atoms with Gasteiger partial charge >= 0.3 is 5.97 Å². The van der Waals surface area contributed by atoms with E-state index in [9.17, 15) is 18.0 Å². The molecule has 1 unspecified atom stereocenters. The number of piperidine rings is 1. The molecule has 3 rings (SSSR count). The van der Waals surface area contributed by atoms with Crippen LogP contribution in [-0.4, -0.2) is 45.3 Å². The monoisotopic (exact) mass is 444 g/mol. The zero-order valence-corrected chi connectivity index (χ0v) is 18.4. The lowest BCUT2D eigenvalue weighted by Gasteiger charge is -2.30. The third-order valence-electron chi connectivity index (χ3n) is 5.36. The van der Waals surface area contributed by atoms with E-state index in [1.807, 2.05) is 18.2 Å². The van der Waals surface area contributed by atoms with Crippen molar-refractivity contribution < 1.29 is 22.7 Å². The maximum atomic E-state index is 13.1. The summed E-state index contributed by atoms with van der Waals surface area (Å²) in [6.45, 7) is 1.36. The molecule has 1 atom stereocenters. The van der Waals surface area contributed by atoms with Crippen LogP contribution in [0.2, 0.25) is 0 Å². The highest BCUT2D eigenvalue weighted by atomic mass is 32.2. The van der Waals surface area contributed by atoms with Gasteiger partial charge in [0, 0.05) is 25.1 Å². The smallest absolute Gasteiger partial charge is 0.307 e. The molecule has 0 radical (unpaired) electrons. The summed E-state index contributed by atoms with van der Waals surface area (Å²) in [4.78, 5) is 27.6. The van der Waals surface area contributed by atoms with Gasteiger partial charge in [-0.1, -0.05) is 42.5 Å². The molecule has 1 aliphatic heterocycles. The SMILES string of the molecule is CNS(=O)(=O)c1ccc(CCC(=O)OC(C(=O)N2CCCCC2)c2ccccc2)cc1. The predicted octanol–water partition coefficient (Wildman–Crippen LogP) is 2.82. The van der Waals surface area contributed by atoms with E-state index < -0.39 is 22.1 Å². The van der Waals surface area contributed by atoms with Crippen molar-refractivity contribution in [2.75, 3.05) is 20.1 Å². The highest BCUT2D eigenvalue weighted by Gasteiger charge is 2.30. The topological polar surface area (TPSA) is 92.8 Å². The fourth-order valence-corrected chi connectivity index (χ4v) is 4.29. The fourth-order valence-electron chi connectivity index (χ4n) is 3.56. The minimum absolute atomic E-state index is 0.0920. The third kappa shape index (κ3) is 6.15. The van der Waals surface area contributed by atoms with Crippen LogP contribution in [0, 0.1) is 0 Å². The number of benzene rings is 2. The fraction of sp³-hybridized carbons (Fsp3) is 0.391. The molecule has 0 saturated carbocycles. The molecule has 166 valence electrons. The van der Waals surface area contributed by atoms with Gasteiger partial charge in [0.1, 0.15) is 0 Å². The number of hydrogen-bond acceptors (Lipinski definition) is 5. The van der Waals surface area contributed by atoms with E-state index in [1.165, 1.54) is 19.2 Å². The van der Waals surface area contributed by atoms with Crippen LogP contribution in [0.3, 0.4) is 0 Å². The van der Waals surface area contributed by atoms with Crippen molar-refractivity contribution in [2.45, 2.75) is 43.1 Å². The van der Waals surface area contributed by atoms with Gasteiger partial charge in [0.15, 0.2) is 0 Å². The molecule has 2 aromatic carbocycles. The van der Waals surface area contributed by atoms with Gasteiger partial charge in [-0.05, 0) is 50.4 Å². The Bertz CT molecular complexity index is 984. The van der Waals surface area contributed by atoms with Crippen molar-refractivity contribution in [3.63, 3.8) is 0 Å². The van der Waals surface area contributed by atoms with Crippen molar-refractivity contribution in [3.8, 4) is 0 Å². The molecule has 0 spiro atoms. The molecule has 8 heteroatoms. The summed E-state index contributed by atoms with van der Waals surface area (Å²) in [6, 6.07) is 15.4. The lowest BCUT2D eigenvalue weighted by molar-refractivity contribution is -0.161. The van der Waals surface area contributed by atoms with Crippen LogP contribution in [0.15, 0.2) is 59.5 Å². The summed E-state index contributed by atoms with van der Waals surface area (Å²) in [7, 11) is -2.14.